The van der Waals surface area contributed by atoms with Crippen LogP contribution in [0.5, 0.6) is 0 Å². The minimum Gasteiger partial charge on any atom is -0.287 e. The van der Waals surface area contributed by atoms with Crippen molar-refractivity contribution in [2.24, 2.45) is 0 Å². The number of rotatable bonds is 2. The second-order valence-corrected chi connectivity index (χ2v) is 6.73. The lowest BCUT2D eigenvalue weighted by Crippen LogP contribution is -2.54. The normalized spacial score (nSPS) is 15.9. The maximum Gasteiger partial charge on any atom is 0.335 e. The van der Waals surface area contributed by atoms with Crippen molar-refractivity contribution in [3.05, 3.63) is 71.4 Å². The number of carbonyl (C=O) groups excluding carboxylic acids is 4. The third-order valence-corrected chi connectivity index (χ3v) is 4.84. The summed E-state index contributed by atoms with van der Waals surface area (Å²) < 4.78 is 1.46. The van der Waals surface area contributed by atoms with Crippen molar-refractivity contribution in [1.29, 1.82) is 0 Å². The lowest BCUT2D eigenvalue weighted by molar-refractivity contribution is -0.122. The van der Waals surface area contributed by atoms with E-state index < -0.39 is 17.8 Å². The predicted octanol–water partition coefficient (Wildman–Crippen LogP) is 3.28. The molecule has 0 aliphatic carbocycles. The number of amides is 4. The van der Waals surface area contributed by atoms with E-state index in [9.17, 15) is 19.2 Å². The molecule has 144 valence electrons. The quantitative estimate of drug-likeness (QED) is 0.540. The molecule has 0 radical (unpaired) electrons. The molecule has 7 heteroatoms. The number of anilines is 1. The summed E-state index contributed by atoms with van der Waals surface area (Å²) in [6, 6.07) is 13.3. The van der Waals surface area contributed by atoms with Crippen LogP contribution in [0.1, 0.15) is 22.8 Å². The maximum atomic E-state index is 13.1. The molecule has 0 atom stereocenters. The second-order valence-electron chi connectivity index (χ2n) is 6.73. The van der Waals surface area contributed by atoms with Gasteiger partial charge in [-0.25, -0.2) is 9.69 Å². The monoisotopic (exact) mass is 387 g/mol. The van der Waals surface area contributed by atoms with Gasteiger partial charge in [-0.2, -0.15) is 0 Å². The molecule has 0 bridgehead atoms. The molecule has 1 aromatic heterocycles. The van der Waals surface area contributed by atoms with Crippen LogP contribution in [0.25, 0.3) is 17.0 Å². The van der Waals surface area contributed by atoms with Gasteiger partial charge in [-0.1, -0.05) is 36.4 Å². The van der Waals surface area contributed by atoms with Gasteiger partial charge in [0.05, 0.1) is 11.2 Å². The number of nitrogens with one attached hydrogen (secondary N) is 1. The molecule has 1 fully saturated rings. The molecule has 2 heterocycles. The van der Waals surface area contributed by atoms with E-state index in [0.29, 0.717) is 16.8 Å². The average Bonchev–Trinajstić information content (AvgIpc) is 3.05. The zero-order valence-electron chi connectivity index (χ0n) is 15.8. The number of imide groups is 2. The largest absolute Gasteiger partial charge is 0.335 e. The molecule has 1 saturated heterocycles. The Bertz CT molecular complexity index is 1240. The number of fused-ring (bicyclic) bond motifs is 1. The maximum absolute atomic E-state index is 13.1. The van der Waals surface area contributed by atoms with Crippen molar-refractivity contribution in [2.45, 2.75) is 13.8 Å². The number of aryl methyl sites for hydroxylation is 1. The molecule has 0 unspecified atom stereocenters. The highest BCUT2D eigenvalue weighted by molar-refractivity contribution is 6.39. The highest BCUT2D eigenvalue weighted by atomic mass is 16.2. The fraction of sp³-hybridized carbons (Fsp3) is 0.0909. The zero-order chi connectivity index (χ0) is 20.7. The van der Waals surface area contributed by atoms with Gasteiger partial charge in [-0.3, -0.25) is 24.3 Å². The molecule has 0 saturated carbocycles. The van der Waals surface area contributed by atoms with Gasteiger partial charge < -0.3 is 0 Å². The number of urea groups is 1. The topological polar surface area (TPSA) is 88.5 Å². The first-order valence-corrected chi connectivity index (χ1v) is 8.96. The van der Waals surface area contributed by atoms with Gasteiger partial charge in [-0.15, -0.1) is 0 Å². The van der Waals surface area contributed by atoms with Gasteiger partial charge in [0.25, 0.3) is 11.8 Å². The van der Waals surface area contributed by atoms with Crippen LogP contribution in [0, 0.1) is 6.92 Å². The van der Waals surface area contributed by atoms with Gasteiger partial charge in [0.15, 0.2) is 0 Å². The number of nitrogens with zero attached hydrogens (tertiary/aromatic N) is 2. The number of hydrogen-bond donors (Lipinski definition) is 1. The molecule has 4 rings (SSSR count). The van der Waals surface area contributed by atoms with E-state index in [0.717, 1.165) is 15.8 Å². The Morgan fingerprint density at radius 3 is 2.41 bits per heavy atom. The van der Waals surface area contributed by atoms with E-state index in [1.54, 1.807) is 61.7 Å². The minimum absolute atomic E-state index is 0.181. The molecular weight excluding hydrogens is 370 g/mol. The van der Waals surface area contributed by atoms with Crippen LogP contribution < -0.4 is 10.2 Å². The van der Waals surface area contributed by atoms with Gasteiger partial charge in [-0.05, 0) is 30.7 Å². The fourth-order valence-corrected chi connectivity index (χ4v) is 3.43. The number of benzene rings is 2. The molecule has 0 spiro atoms. The summed E-state index contributed by atoms with van der Waals surface area (Å²) in [5, 5.41) is 2.94. The van der Waals surface area contributed by atoms with Crippen LogP contribution in [-0.2, 0) is 9.59 Å². The van der Waals surface area contributed by atoms with Crippen LogP contribution in [0.15, 0.2) is 60.3 Å². The summed E-state index contributed by atoms with van der Waals surface area (Å²) in [5.74, 6) is -1.68. The molecule has 29 heavy (non-hydrogen) atoms. The van der Waals surface area contributed by atoms with Crippen molar-refractivity contribution in [1.82, 2.24) is 9.88 Å². The SMILES string of the molecule is CC(=O)n1cc(/C=C2\C(=O)NC(=O)N(c3ccccc3C)C2=O)c2ccccc21. The Labute approximate surface area is 166 Å². The summed E-state index contributed by atoms with van der Waals surface area (Å²) >= 11 is 0. The first-order valence-electron chi connectivity index (χ1n) is 8.96. The van der Waals surface area contributed by atoms with Crippen molar-refractivity contribution in [2.75, 3.05) is 4.90 Å². The van der Waals surface area contributed by atoms with Crippen LogP contribution in [-0.4, -0.2) is 28.3 Å². The average molecular weight is 387 g/mol. The number of aromatic nitrogens is 1. The molecule has 3 aromatic rings. The van der Waals surface area contributed by atoms with E-state index >= 15 is 0 Å². The Kier molecular flexibility index (Phi) is 4.35. The summed E-state index contributed by atoms with van der Waals surface area (Å²) in [6.45, 7) is 3.20. The number of hydrogen-bond acceptors (Lipinski definition) is 4. The van der Waals surface area contributed by atoms with Crippen molar-refractivity contribution >= 4 is 46.4 Å². The van der Waals surface area contributed by atoms with Crippen molar-refractivity contribution in [3.63, 3.8) is 0 Å². The minimum atomic E-state index is -0.794. The smallest absolute Gasteiger partial charge is 0.287 e. The van der Waals surface area contributed by atoms with Crippen LogP contribution in [0.3, 0.4) is 0 Å². The summed E-state index contributed by atoms with van der Waals surface area (Å²) in [4.78, 5) is 50.8. The Hall–Kier alpha value is -4.00. The predicted molar refractivity (Wildman–Crippen MR) is 108 cm³/mol. The third kappa shape index (κ3) is 3.02. The van der Waals surface area contributed by atoms with E-state index in [-0.39, 0.29) is 11.5 Å². The highest BCUT2D eigenvalue weighted by Crippen LogP contribution is 2.27. The Morgan fingerprint density at radius 2 is 1.69 bits per heavy atom. The van der Waals surface area contributed by atoms with E-state index in [1.807, 2.05) is 0 Å². The fourth-order valence-electron chi connectivity index (χ4n) is 3.43. The van der Waals surface area contributed by atoms with Crippen LogP contribution in [0.4, 0.5) is 10.5 Å². The van der Waals surface area contributed by atoms with Crippen LogP contribution >= 0.6 is 0 Å². The van der Waals surface area contributed by atoms with E-state index in [2.05, 4.69) is 5.32 Å². The second kappa shape index (κ2) is 6.87. The molecule has 1 N–H and O–H groups in total. The zero-order valence-corrected chi connectivity index (χ0v) is 15.8. The van der Waals surface area contributed by atoms with Gasteiger partial charge in [0, 0.05) is 24.1 Å². The summed E-state index contributed by atoms with van der Waals surface area (Å²) in [7, 11) is 0. The molecule has 7 nitrogen and oxygen atoms in total. The third-order valence-electron chi connectivity index (χ3n) is 4.84. The molecule has 1 aliphatic rings. The standard InChI is InChI=1S/C22H17N3O4/c1-13-7-3-5-9-18(13)25-21(28)17(20(27)23-22(25)29)11-15-12-24(14(2)26)19-10-6-4-8-16(15)19/h3-12H,1-2H3,(H,23,27,29)/b17-11+. The van der Waals surface area contributed by atoms with Crippen molar-refractivity contribution in [3.8, 4) is 0 Å². The molecular formula is C22H17N3O4. The lowest BCUT2D eigenvalue weighted by atomic mass is 10.1. The lowest BCUT2D eigenvalue weighted by Gasteiger charge is -2.27. The molecule has 4 amide bonds. The molecule has 1 aliphatic heterocycles. The number of barbiturate groups is 1. The first-order chi connectivity index (χ1) is 13.9. The van der Waals surface area contributed by atoms with E-state index in [4.69, 9.17) is 0 Å². The number of para-hydroxylation sites is 2. The van der Waals surface area contributed by atoms with E-state index in [1.165, 1.54) is 17.6 Å². The summed E-state index contributed by atoms with van der Waals surface area (Å²) in [5.41, 5.74) is 2.15. The van der Waals surface area contributed by atoms with Crippen molar-refractivity contribution < 1.29 is 19.2 Å². The van der Waals surface area contributed by atoms with Crippen LogP contribution in [0.2, 0.25) is 0 Å². The number of carbonyl (C=O) groups is 4. The Balaban J connectivity index is 1.85. The Morgan fingerprint density at radius 1 is 1.00 bits per heavy atom. The summed E-state index contributed by atoms with van der Waals surface area (Å²) in [6.07, 6.45) is 2.99. The highest BCUT2D eigenvalue weighted by Gasteiger charge is 2.37. The van der Waals surface area contributed by atoms with Gasteiger partial charge in [0.1, 0.15) is 5.57 Å². The van der Waals surface area contributed by atoms with Gasteiger partial charge in [0.2, 0.25) is 5.91 Å². The van der Waals surface area contributed by atoms with Gasteiger partial charge >= 0.3 is 6.03 Å². The molecule has 2 aromatic carbocycles. The first kappa shape index (κ1) is 18.4.